The van der Waals surface area contributed by atoms with Crippen LogP contribution in [0.15, 0.2) is 30.1 Å². The van der Waals surface area contributed by atoms with Gasteiger partial charge in [-0.1, -0.05) is 0 Å². The van der Waals surface area contributed by atoms with E-state index in [0.29, 0.717) is 12.1 Å². The average Bonchev–Trinajstić information content (AvgIpc) is 2.93. The maximum absolute atomic E-state index is 12.8. The van der Waals surface area contributed by atoms with E-state index >= 15 is 0 Å². The first-order valence-electron chi connectivity index (χ1n) is 6.50. The number of hydrogen-bond acceptors (Lipinski definition) is 3. The molecule has 0 fully saturated rings. The second-order valence-electron chi connectivity index (χ2n) is 4.96. The van der Waals surface area contributed by atoms with Crippen LogP contribution in [0, 0.1) is 0 Å². The topological polar surface area (TPSA) is 68.0 Å². The van der Waals surface area contributed by atoms with Crippen LogP contribution in [-0.4, -0.2) is 25.8 Å². The van der Waals surface area contributed by atoms with Crippen LogP contribution in [0.25, 0.3) is 17.6 Å². The lowest BCUT2D eigenvalue weighted by molar-refractivity contribution is -0.143. The van der Waals surface area contributed by atoms with Gasteiger partial charge in [0.15, 0.2) is 5.82 Å². The fraction of sp³-hybridized carbons (Fsp3) is 0.214. The summed E-state index contributed by atoms with van der Waals surface area (Å²) >= 11 is 0. The summed E-state index contributed by atoms with van der Waals surface area (Å²) in [5.41, 5.74) is -3.64. The van der Waals surface area contributed by atoms with Crippen molar-refractivity contribution in [3.8, 4) is 11.4 Å². The third kappa shape index (κ3) is 4.37. The van der Waals surface area contributed by atoms with Crippen molar-refractivity contribution in [3.63, 3.8) is 0 Å². The van der Waals surface area contributed by atoms with Gasteiger partial charge in [0.05, 0.1) is 16.7 Å². The summed E-state index contributed by atoms with van der Waals surface area (Å²) in [4.78, 5) is 14.3. The molecule has 2 rings (SSSR count). The minimum absolute atomic E-state index is 0.00499. The highest BCUT2D eigenvalue weighted by molar-refractivity contribution is 5.89. The molecule has 0 aliphatic carbocycles. The van der Waals surface area contributed by atoms with Gasteiger partial charge in [0.1, 0.15) is 6.33 Å². The van der Waals surface area contributed by atoms with Crippen molar-refractivity contribution in [2.24, 2.45) is 0 Å². The lowest BCUT2D eigenvalue weighted by Crippen LogP contribution is -2.11. The Balaban J connectivity index is 2.54. The number of alkyl halides is 6. The van der Waals surface area contributed by atoms with Gasteiger partial charge < -0.3 is 5.11 Å². The summed E-state index contributed by atoms with van der Waals surface area (Å²) in [7, 11) is 0. The minimum Gasteiger partial charge on any atom is -0.478 e. The predicted molar refractivity (Wildman–Crippen MR) is 73.0 cm³/mol. The van der Waals surface area contributed by atoms with Gasteiger partial charge in [-0.15, -0.1) is 5.10 Å². The first kappa shape index (κ1) is 18.5. The number of nitrogens with zero attached hydrogens (tertiary/aromatic N) is 3. The molecule has 0 radical (unpaired) electrons. The summed E-state index contributed by atoms with van der Waals surface area (Å²) in [5, 5.41) is 12.4. The molecule has 0 saturated carbocycles. The van der Waals surface area contributed by atoms with E-state index in [-0.39, 0.29) is 11.6 Å². The van der Waals surface area contributed by atoms with Gasteiger partial charge in [-0.25, -0.2) is 14.5 Å². The summed E-state index contributed by atoms with van der Waals surface area (Å²) < 4.78 is 77.9. The molecule has 0 atom stereocenters. The van der Waals surface area contributed by atoms with Crippen molar-refractivity contribution in [1.29, 1.82) is 0 Å². The third-order valence-corrected chi connectivity index (χ3v) is 3.02. The molecule has 0 spiro atoms. The molecule has 1 N–H and O–H groups in total. The predicted octanol–water partition coefficient (Wildman–Crippen LogP) is 3.93. The van der Waals surface area contributed by atoms with E-state index in [9.17, 15) is 31.1 Å². The monoisotopic (exact) mass is 365 g/mol. The average molecular weight is 365 g/mol. The number of halogens is 6. The van der Waals surface area contributed by atoms with Crippen molar-refractivity contribution < 1.29 is 36.2 Å². The number of carboxylic acids is 1. The molecule has 1 aromatic carbocycles. The molecule has 134 valence electrons. The molecule has 11 heteroatoms. The van der Waals surface area contributed by atoms with E-state index in [4.69, 9.17) is 5.11 Å². The van der Waals surface area contributed by atoms with E-state index in [1.54, 1.807) is 0 Å². The maximum atomic E-state index is 12.8. The van der Waals surface area contributed by atoms with Gasteiger partial charge in [-0.2, -0.15) is 26.3 Å². The largest absolute Gasteiger partial charge is 0.478 e. The zero-order valence-electron chi connectivity index (χ0n) is 12.4. The maximum Gasteiger partial charge on any atom is 0.416 e. The summed E-state index contributed by atoms with van der Waals surface area (Å²) in [6.07, 6.45) is -8.00. The highest BCUT2D eigenvalue weighted by Crippen LogP contribution is 2.37. The molecule has 0 aliphatic rings. The van der Waals surface area contributed by atoms with Gasteiger partial charge in [0, 0.05) is 11.8 Å². The van der Waals surface area contributed by atoms with Crippen molar-refractivity contribution in [2.75, 3.05) is 0 Å². The molecule has 0 aliphatic heterocycles. The van der Waals surface area contributed by atoms with E-state index < -0.39 is 40.8 Å². The Morgan fingerprint density at radius 3 is 2.04 bits per heavy atom. The van der Waals surface area contributed by atoms with Crippen molar-refractivity contribution in [3.05, 3.63) is 41.2 Å². The molecule has 1 aromatic heterocycles. The molecule has 0 unspecified atom stereocenters. The van der Waals surface area contributed by atoms with Crippen LogP contribution in [0.1, 0.15) is 18.1 Å². The molecule has 5 nitrogen and oxygen atoms in total. The van der Waals surface area contributed by atoms with E-state index in [1.165, 1.54) is 6.92 Å². The van der Waals surface area contributed by atoms with Crippen LogP contribution < -0.4 is 0 Å². The second-order valence-corrected chi connectivity index (χ2v) is 4.96. The van der Waals surface area contributed by atoms with Crippen molar-refractivity contribution in [2.45, 2.75) is 19.3 Å². The number of rotatable bonds is 3. The van der Waals surface area contributed by atoms with Crippen molar-refractivity contribution in [1.82, 2.24) is 14.8 Å². The zero-order valence-corrected chi connectivity index (χ0v) is 12.4. The molecule has 0 saturated heterocycles. The van der Waals surface area contributed by atoms with Crippen LogP contribution in [0.3, 0.4) is 0 Å². The van der Waals surface area contributed by atoms with Gasteiger partial charge in [0.2, 0.25) is 0 Å². The number of benzene rings is 1. The number of hydrogen-bond donors (Lipinski definition) is 1. The summed E-state index contributed by atoms with van der Waals surface area (Å²) in [5.74, 6) is -1.68. The van der Waals surface area contributed by atoms with E-state index in [0.717, 1.165) is 17.2 Å². The zero-order chi connectivity index (χ0) is 19.0. The van der Waals surface area contributed by atoms with Gasteiger partial charge in [-0.05, 0) is 25.1 Å². The lowest BCUT2D eigenvalue weighted by Gasteiger charge is -2.13. The van der Waals surface area contributed by atoms with Crippen molar-refractivity contribution >= 4 is 12.2 Å². The summed E-state index contributed by atoms with van der Waals surface area (Å²) in [6, 6.07) is 0.973. The molecule has 1 heterocycles. The van der Waals surface area contributed by atoms with E-state index in [1.807, 2.05) is 0 Å². The Bertz CT molecular complexity index is 804. The number of carbonyl (C=O) groups is 1. The van der Waals surface area contributed by atoms with Gasteiger partial charge in [-0.3, -0.25) is 0 Å². The molecule has 0 bridgehead atoms. The fourth-order valence-electron chi connectivity index (χ4n) is 1.81. The van der Waals surface area contributed by atoms with Gasteiger partial charge in [0.25, 0.3) is 0 Å². The number of aliphatic carboxylic acids is 1. The van der Waals surface area contributed by atoms with Crippen LogP contribution in [-0.2, 0) is 17.1 Å². The third-order valence-electron chi connectivity index (χ3n) is 3.02. The molecule has 25 heavy (non-hydrogen) atoms. The smallest absolute Gasteiger partial charge is 0.416 e. The Kier molecular flexibility index (Phi) is 4.60. The van der Waals surface area contributed by atoms with Gasteiger partial charge >= 0.3 is 18.3 Å². The van der Waals surface area contributed by atoms with Crippen LogP contribution in [0.5, 0.6) is 0 Å². The van der Waals surface area contributed by atoms with Crippen LogP contribution in [0.2, 0.25) is 0 Å². The SMILES string of the molecule is C/C(=C\n1cnc(-c2cc(C(F)(F)F)cc(C(F)(F)F)c2)n1)C(=O)O. The standard InChI is InChI=1S/C14H9F6N3O2/c1-7(12(24)25)5-23-6-21-11(22-23)8-2-9(13(15,16)17)4-10(3-8)14(18,19)20/h2-6H,1H3,(H,24,25)/b7-5+. The van der Waals surface area contributed by atoms with E-state index in [2.05, 4.69) is 10.1 Å². The Morgan fingerprint density at radius 2 is 1.60 bits per heavy atom. The highest BCUT2D eigenvalue weighted by atomic mass is 19.4. The van der Waals surface area contributed by atoms with Crippen LogP contribution in [0.4, 0.5) is 26.3 Å². The Morgan fingerprint density at radius 1 is 1.08 bits per heavy atom. The molecule has 2 aromatic rings. The summed E-state index contributed by atoms with van der Waals surface area (Å²) in [6.45, 7) is 1.23. The second kappa shape index (κ2) is 6.22. The minimum atomic E-state index is -4.99. The first-order valence-corrected chi connectivity index (χ1v) is 6.50. The normalized spacial score (nSPS) is 13.2. The Hall–Kier alpha value is -2.85. The molecular formula is C14H9F6N3O2. The lowest BCUT2D eigenvalue weighted by atomic mass is 10.0. The fourth-order valence-corrected chi connectivity index (χ4v) is 1.81. The number of carboxylic acid groups (broad SMARTS) is 1. The Labute approximate surface area is 136 Å². The molecular weight excluding hydrogens is 356 g/mol. The number of aromatic nitrogens is 3. The van der Waals surface area contributed by atoms with Crippen LogP contribution >= 0.6 is 0 Å². The highest BCUT2D eigenvalue weighted by Gasteiger charge is 2.37. The quantitative estimate of drug-likeness (QED) is 0.661. The first-order chi connectivity index (χ1) is 11.4. The molecule has 0 amide bonds.